The fraction of sp³-hybridized carbons (Fsp3) is 0.389. The lowest BCUT2D eigenvalue weighted by atomic mass is 10.1. The van der Waals surface area contributed by atoms with Gasteiger partial charge in [0.2, 0.25) is 0 Å². The highest BCUT2D eigenvalue weighted by atomic mass is 32.7. The van der Waals surface area contributed by atoms with Crippen molar-refractivity contribution in [3.63, 3.8) is 0 Å². The fourth-order valence-electron chi connectivity index (χ4n) is 3.06. The molecule has 1 fully saturated rings. The predicted molar refractivity (Wildman–Crippen MR) is 118 cm³/mol. The third kappa shape index (κ3) is 4.93. The summed E-state index contributed by atoms with van der Waals surface area (Å²) in [7, 11) is -0.0245. The highest BCUT2D eigenvalue weighted by Crippen LogP contribution is 2.43. The molecule has 6 nitrogen and oxygen atoms in total. The summed E-state index contributed by atoms with van der Waals surface area (Å²) in [6.07, 6.45) is 5.48. The molecule has 1 aromatic carbocycles. The zero-order valence-electron chi connectivity index (χ0n) is 15.5. The van der Waals surface area contributed by atoms with E-state index in [-0.39, 0.29) is 7.12 Å². The Hall–Kier alpha value is -1.34. The molecule has 0 radical (unpaired) electrons. The Balaban J connectivity index is 1.33. The number of benzene rings is 1. The molecular weight excluding hydrogens is 395 g/mol. The molecule has 2 aliphatic rings. The minimum atomic E-state index is -0.0245. The van der Waals surface area contributed by atoms with Crippen LogP contribution in [0.25, 0.3) is 0 Å². The molecule has 4 rings (SSSR count). The molecule has 1 aromatic heterocycles. The maximum Gasteiger partial charge on any atom is 0.163 e. The van der Waals surface area contributed by atoms with Gasteiger partial charge in [-0.2, -0.15) is 0 Å². The first-order chi connectivity index (χ1) is 13.2. The molecule has 1 saturated heterocycles. The zero-order valence-corrected chi connectivity index (χ0v) is 18.0. The van der Waals surface area contributed by atoms with Gasteiger partial charge >= 0.3 is 0 Å². The van der Waals surface area contributed by atoms with E-state index >= 15 is 0 Å². The average Bonchev–Trinajstić information content (AvgIpc) is 2.67. The second kappa shape index (κ2) is 8.78. The Morgan fingerprint density at radius 1 is 1.22 bits per heavy atom. The lowest BCUT2D eigenvalue weighted by Crippen LogP contribution is -2.45. The van der Waals surface area contributed by atoms with E-state index in [9.17, 15) is 0 Å². The minimum Gasteiger partial charge on any atom is -0.359 e. The smallest absolute Gasteiger partial charge is 0.163 e. The standard InChI is InChI=1S/C18H23N6PS2/c1-25(2)27-21-13-24-9-7-23(8-10-24)12-14-3-4-16-15(11-14)22-17-18(26-16)20-6-5-19-17/h3-6,11,13H,7-10,12H2,1-2H3,(H,19,22)/b21-13+. The predicted octanol–water partition coefficient (Wildman–Crippen LogP) is 4.14. The normalized spacial score (nSPS) is 17.1. The van der Waals surface area contributed by atoms with E-state index in [2.05, 4.69) is 61.0 Å². The number of hydrogen-bond acceptors (Lipinski definition) is 7. The Kier molecular flexibility index (Phi) is 6.18. The largest absolute Gasteiger partial charge is 0.359 e. The summed E-state index contributed by atoms with van der Waals surface area (Å²) in [6, 6.07) is 6.66. The summed E-state index contributed by atoms with van der Waals surface area (Å²) in [6.45, 7) is 9.64. The van der Waals surface area contributed by atoms with E-state index in [0.29, 0.717) is 0 Å². The van der Waals surface area contributed by atoms with Crippen molar-refractivity contribution in [3.05, 3.63) is 36.2 Å². The highest BCUT2D eigenvalue weighted by molar-refractivity contribution is 8.54. The van der Waals surface area contributed by atoms with Crippen LogP contribution >= 0.6 is 30.5 Å². The maximum atomic E-state index is 4.48. The molecule has 1 N–H and O–H groups in total. The molecule has 142 valence electrons. The van der Waals surface area contributed by atoms with Crippen molar-refractivity contribution in [2.24, 2.45) is 4.40 Å². The van der Waals surface area contributed by atoms with Gasteiger partial charge in [0.25, 0.3) is 0 Å². The number of rotatable bonds is 5. The Morgan fingerprint density at radius 2 is 2.04 bits per heavy atom. The summed E-state index contributed by atoms with van der Waals surface area (Å²) in [5.41, 5.74) is 2.46. The number of nitrogens with one attached hydrogen (secondary N) is 1. The number of fused-ring (bicyclic) bond motifs is 2. The number of aromatic nitrogens is 2. The van der Waals surface area contributed by atoms with Crippen LogP contribution in [0.2, 0.25) is 0 Å². The molecule has 0 spiro atoms. The Morgan fingerprint density at radius 3 is 2.85 bits per heavy atom. The summed E-state index contributed by atoms with van der Waals surface area (Å²) >= 11 is 3.37. The van der Waals surface area contributed by atoms with Gasteiger partial charge < -0.3 is 10.2 Å². The van der Waals surface area contributed by atoms with Gasteiger partial charge in [0.1, 0.15) is 5.03 Å². The fourth-order valence-corrected chi connectivity index (χ4v) is 4.99. The first kappa shape index (κ1) is 19.0. The van der Waals surface area contributed by atoms with Crippen LogP contribution in [0.5, 0.6) is 0 Å². The second-order valence-corrected chi connectivity index (χ2v) is 12.4. The number of piperazine rings is 1. The SMILES string of the molecule is CP(C)S/N=C/N1CCN(Cc2ccc3c(c2)Nc2nccnc2S3)CC1. The molecule has 2 aromatic rings. The van der Waals surface area contributed by atoms with Crippen LogP contribution in [-0.4, -0.2) is 65.6 Å². The van der Waals surface area contributed by atoms with Crippen molar-refractivity contribution >= 4 is 48.3 Å². The molecule has 0 bridgehead atoms. The summed E-state index contributed by atoms with van der Waals surface area (Å²) in [5.74, 6) is 0.848. The summed E-state index contributed by atoms with van der Waals surface area (Å²) < 4.78 is 4.48. The molecule has 0 unspecified atom stereocenters. The Bertz CT molecular complexity index is 823. The van der Waals surface area contributed by atoms with Gasteiger partial charge in [0, 0.05) is 61.6 Å². The highest BCUT2D eigenvalue weighted by Gasteiger charge is 2.19. The molecule has 0 aliphatic carbocycles. The number of anilines is 2. The van der Waals surface area contributed by atoms with Gasteiger partial charge in [-0.05, 0) is 38.1 Å². The van der Waals surface area contributed by atoms with E-state index < -0.39 is 0 Å². The van der Waals surface area contributed by atoms with Crippen molar-refractivity contribution in [1.29, 1.82) is 0 Å². The van der Waals surface area contributed by atoms with Crippen molar-refractivity contribution in [2.75, 3.05) is 44.8 Å². The Labute approximate surface area is 169 Å². The first-order valence-electron chi connectivity index (χ1n) is 8.90. The van der Waals surface area contributed by atoms with Crippen LogP contribution in [0.3, 0.4) is 0 Å². The zero-order chi connectivity index (χ0) is 18.6. The number of nitrogens with zero attached hydrogens (tertiary/aromatic N) is 5. The first-order valence-corrected chi connectivity index (χ1v) is 13.3. The van der Waals surface area contributed by atoms with E-state index in [1.165, 1.54) is 10.5 Å². The molecule has 27 heavy (non-hydrogen) atoms. The van der Waals surface area contributed by atoms with Crippen LogP contribution in [0.1, 0.15) is 5.56 Å². The topological polar surface area (TPSA) is 56.6 Å². The third-order valence-electron chi connectivity index (χ3n) is 4.40. The van der Waals surface area contributed by atoms with E-state index in [1.54, 1.807) is 35.7 Å². The molecule has 0 amide bonds. The summed E-state index contributed by atoms with van der Waals surface area (Å²) in [5, 5.41) is 4.36. The van der Waals surface area contributed by atoms with Gasteiger partial charge in [0.05, 0.1) is 12.0 Å². The molecule has 0 atom stereocenters. The number of hydrogen-bond donors (Lipinski definition) is 1. The minimum absolute atomic E-state index is 0.0245. The van der Waals surface area contributed by atoms with Crippen LogP contribution < -0.4 is 5.32 Å². The third-order valence-corrected chi connectivity index (χ3v) is 7.25. The van der Waals surface area contributed by atoms with E-state index in [0.717, 1.165) is 49.3 Å². The van der Waals surface area contributed by atoms with Crippen LogP contribution in [0, 0.1) is 0 Å². The van der Waals surface area contributed by atoms with Gasteiger partial charge in [0.15, 0.2) is 5.82 Å². The summed E-state index contributed by atoms with van der Waals surface area (Å²) in [4.78, 5) is 14.8. The molecule has 2 aliphatic heterocycles. The molecule has 9 heteroatoms. The van der Waals surface area contributed by atoms with E-state index in [4.69, 9.17) is 0 Å². The molecular formula is C18H23N6PS2. The van der Waals surface area contributed by atoms with Gasteiger partial charge in [-0.3, -0.25) is 4.90 Å². The van der Waals surface area contributed by atoms with Gasteiger partial charge in [-0.1, -0.05) is 17.8 Å². The van der Waals surface area contributed by atoms with Crippen molar-refractivity contribution in [3.8, 4) is 0 Å². The van der Waals surface area contributed by atoms with Gasteiger partial charge in [-0.25, -0.2) is 14.4 Å². The van der Waals surface area contributed by atoms with Crippen LogP contribution in [0.15, 0.2) is 44.9 Å². The van der Waals surface area contributed by atoms with Crippen LogP contribution in [0.4, 0.5) is 11.5 Å². The van der Waals surface area contributed by atoms with Gasteiger partial charge in [-0.15, -0.1) is 0 Å². The lowest BCUT2D eigenvalue weighted by Gasteiger charge is -2.33. The molecule has 0 saturated carbocycles. The van der Waals surface area contributed by atoms with Crippen molar-refractivity contribution < 1.29 is 0 Å². The van der Waals surface area contributed by atoms with E-state index in [1.807, 2.05) is 6.34 Å². The average molecular weight is 419 g/mol. The second-order valence-electron chi connectivity index (χ2n) is 6.69. The lowest BCUT2D eigenvalue weighted by molar-refractivity contribution is 0.178. The van der Waals surface area contributed by atoms with Crippen molar-refractivity contribution in [1.82, 2.24) is 19.8 Å². The molecule has 3 heterocycles. The van der Waals surface area contributed by atoms with Crippen molar-refractivity contribution in [2.45, 2.75) is 16.5 Å². The van der Waals surface area contributed by atoms with Crippen LogP contribution in [-0.2, 0) is 6.54 Å². The quantitative estimate of drug-likeness (QED) is 0.289. The monoisotopic (exact) mass is 418 g/mol. The maximum absolute atomic E-state index is 4.48.